The van der Waals surface area contributed by atoms with Crippen LogP contribution in [0.3, 0.4) is 0 Å². The summed E-state index contributed by atoms with van der Waals surface area (Å²) in [5, 5.41) is 3.44. The molecule has 1 aliphatic heterocycles. The Kier molecular flexibility index (Phi) is 5.64. The van der Waals surface area contributed by atoms with Gasteiger partial charge >= 0.3 is 0 Å². The van der Waals surface area contributed by atoms with Gasteiger partial charge in [0.1, 0.15) is 11.5 Å². The molecular formula is C16H28N2O2. The van der Waals surface area contributed by atoms with Gasteiger partial charge in [0.2, 0.25) is 0 Å². The predicted molar refractivity (Wildman–Crippen MR) is 80.7 cm³/mol. The minimum Gasteiger partial charge on any atom is -0.463 e. The normalized spacial score (nSPS) is 20.1. The van der Waals surface area contributed by atoms with Crippen molar-refractivity contribution in [3.63, 3.8) is 0 Å². The zero-order chi connectivity index (χ0) is 14.5. The van der Waals surface area contributed by atoms with Crippen molar-refractivity contribution in [2.45, 2.75) is 46.4 Å². The topological polar surface area (TPSA) is 37.6 Å². The minimum atomic E-state index is 0.387. The van der Waals surface area contributed by atoms with Gasteiger partial charge in [-0.3, -0.25) is 4.90 Å². The van der Waals surface area contributed by atoms with Crippen LogP contribution in [-0.2, 0) is 17.8 Å². The Morgan fingerprint density at radius 2 is 2.30 bits per heavy atom. The van der Waals surface area contributed by atoms with Crippen molar-refractivity contribution in [3.05, 3.63) is 23.2 Å². The van der Waals surface area contributed by atoms with Crippen LogP contribution in [-0.4, -0.2) is 37.7 Å². The predicted octanol–water partition coefficient (Wildman–Crippen LogP) is 2.55. The van der Waals surface area contributed by atoms with Gasteiger partial charge in [-0.15, -0.1) is 0 Å². The average molecular weight is 280 g/mol. The van der Waals surface area contributed by atoms with Gasteiger partial charge in [-0.1, -0.05) is 13.8 Å². The van der Waals surface area contributed by atoms with E-state index in [4.69, 9.17) is 9.15 Å². The first kappa shape index (κ1) is 15.5. The Bertz CT molecular complexity index is 415. The Balaban J connectivity index is 1.84. The molecule has 1 aromatic rings. The van der Waals surface area contributed by atoms with Crippen molar-refractivity contribution in [3.8, 4) is 0 Å². The zero-order valence-corrected chi connectivity index (χ0v) is 13.2. The van der Waals surface area contributed by atoms with Crippen LogP contribution in [0.4, 0.5) is 0 Å². The zero-order valence-electron chi connectivity index (χ0n) is 13.2. The lowest BCUT2D eigenvalue weighted by Crippen LogP contribution is -2.22. The monoisotopic (exact) mass is 280 g/mol. The number of likely N-dealkylation sites (tertiary alicyclic amines) is 1. The summed E-state index contributed by atoms with van der Waals surface area (Å²) < 4.78 is 11.4. The van der Waals surface area contributed by atoms with E-state index in [1.807, 2.05) is 0 Å². The third-order valence-corrected chi connectivity index (χ3v) is 3.85. The van der Waals surface area contributed by atoms with Crippen molar-refractivity contribution >= 4 is 0 Å². The highest BCUT2D eigenvalue weighted by Crippen LogP contribution is 2.19. The third-order valence-electron chi connectivity index (χ3n) is 3.85. The number of nitrogens with zero attached hydrogens (tertiary/aromatic N) is 1. The largest absolute Gasteiger partial charge is 0.463 e. The molecule has 2 rings (SSSR count). The average Bonchev–Trinajstić information content (AvgIpc) is 2.97. The SMILES string of the molecule is COC1CCN(Cc2cc(C)c(CNCC(C)C)o2)C1. The molecule has 1 saturated heterocycles. The van der Waals surface area contributed by atoms with Crippen LogP contribution in [0.1, 0.15) is 37.4 Å². The molecule has 0 amide bonds. The number of rotatable bonds is 7. The van der Waals surface area contributed by atoms with Crippen molar-refractivity contribution in [2.24, 2.45) is 5.92 Å². The van der Waals surface area contributed by atoms with Gasteiger partial charge in [-0.05, 0) is 37.4 Å². The highest BCUT2D eigenvalue weighted by Gasteiger charge is 2.23. The number of furan rings is 1. The van der Waals surface area contributed by atoms with Crippen molar-refractivity contribution < 1.29 is 9.15 Å². The maximum atomic E-state index is 5.98. The second kappa shape index (κ2) is 7.25. The maximum absolute atomic E-state index is 5.98. The van der Waals surface area contributed by atoms with E-state index in [2.05, 4.69) is 37.1 Å². The molecule has 0 bridgehead atoms. The summed E-state index contributed by atoms with van der Waals surface area (Å²) in [5.41, 5.74) is 1.25. The smallest absolute Gasteiger partial charge is 0.120 e. The molecule has 0 spiro atoms. The Hall–Kier alpha value is -0.840. The highest BCUT2D eigenvalue weighted by molar-refractivity contribution is 5.20. The lowest BCUT2D eigenvalue weighted by atomic mass is 10.2. The van der Waals surface area contributed by atoms with Crippen molar-refractivity contribution in [2.75, 3.05) is 26.7 Å². The number of methoxy groups -OCH3 is 1. The highest BCUT2D eigenvalue weighted by atomic mass is 16.5. The first-order valence-corrected chi connectivity index (χ1v) is 7.62. The summed E-state index contributed by atoms with van der Waals surface area (Å²) in [7, 11) is 1.80. The van der Waals surface area contributed by atoms with E-state index in [9.17, 15) is 0 Å². The van der Waals surface area contributed by atoms with Crippen LogP contribution < -0.4 is 5.32 Å². The Labute approximate surface area is 122 Å². The maximum Gasteiger partial charge on any atom is 0.120 e. The molecule has 1 fully saturated rings. The molecule has 114 valence electrons. The fourth-order valence-electron chi connectivity index (χ4n) is 2.67. The first-order chi connectivity index (χ1) is 9.58. The molecule has 20 heavy (non-hydrogen) atoms. The summed E-state index contributed by atoms with van der Waals surface area (Å²) in [6.45, 7) is 11.4. The van der Waals surface area contributed by atoms with Crippen LogP contribution in [0, 0.1) is 12.8 Å². The molecule has 1 N–H and O–H groups in total. The van der Waals surface area contributed by atoms with Crippen LogP contribution in [0.25, 0.3) is 0 Å². The van der Waals surface area contributed by atoms with Crippen LogP contribution in [0.2, 0.25) is 0 Å². The lowest BCUT2D eigenvalue weighted by molar-refractivity contribution is 0.106. The van der Waals surface area contributed by atoms with Crippen LogP contribution in [0.15, 0.2) is 10.5 Å². The summed E-state index contributed by atoms with van der Waals surface area (Å²) >= 11 is 0. The fourth-order valence-corrected chi connectivity index (χ4v) is 2.67. The van der Waals surface area contributed by atoms with Crippen LogP contribution in [0.5, 0.6) is 0 Å². The first-order valence-electron chi connectivity index (χ1n) is 7.62. The van der Waals surface area contributed by atoms with Crippen LogP contribution >= 0.6 is 0 Å². The molecule has 0 saturated carbocycles. The second-order valence-corrected chi connectivity index (χ2v) is 6.23. The number of aryl methyl sites for hydroxylation is 1. The van der Waals surface area contributed by atoms with E-state index < -0.39 is 0 Å². The quantitative estimate of drug-likeness (QED) is 0.833. The molecular weight excluding hydrogens is 252 g/mol. The molecule has 2 heterocycles. The molecule has 1 atom stereocenters. The van der Waals surface area contributed by atoms with Crippen molar-refractivity contribution in [1.29, 1.82) is 0 Å². The van der Waals surface area contributed by atoms with E-state index in [0.717, 1.165) is 50.7 Å². The van der Waals surface area contributed by atoms with Gasteiger partial charge in [0, 0.05) is 20.2 Å². The lowest BCUT2D eigenvalue weighted by Gasteiger charge is -2.13. The fraction of sp³-hybridized carbons (Fsp3) is 0.750. The van der Waals surface area contributed by atoms with Crippen molar-refractivity contribution in [1.82, 2.24) is 10.2 Å². The van der Waals surface area contributed by atoms with E-state index in [1.54, 1.807) is 7.11 Å². The molecule has 1 aromatic heterocycles. The van der Waals surface area contributed by atoms with Gasteiger partial charge in [0.05, 0.1) is 19.2 Å². The summed E-state index contributed by atoms with van der Waals surface area (Å²) in [4.78, 5) is 2.40. The summed E-state index contributed by atoms with van der Waals surface area (Å²) in [6.07, 6.45) is 1.51. The minimum absolute atomic E-state index is 0.387. The van der Waals surface area contributed by atoms with Gasteiger partial charge in [0.15, 0.2) is 0 Å². The van der Waals surface area contributed by atoms with E-state index in [0.29, 0.717) is 12.0 Å². The third kappa shape index (κ3) is 4.33. The number of nitrogens with one attached hydrogen (secondary N) is 1. The van der Waals surface area contributed by atoms with E-state index in [1.165, 1.54) is 5.56 Å². The molecule has 1 unspecified atom stereocenters. The standard InChI is InChI=1S/C16H28N2O2/c1-12(2)8-17-9-16-13(3)7-15(20-16)11-18-6-5-14(10-18)19-4/h7,12,14,17H,5-6,8-11H2,1-4H3. The summed E-state index contributed by atoms with van der Waals surface area (Å²) in [6, 6.07) is 2.17. The van der Waals surface area contributed by atoms with E-state index in [-0.39, 0.29) is 0 Å². The molecule has 0 radical (unpaired) electrons. The van der Waals surface area contributed by atoms with Gasteiger partial charge in [0.25, 0.3) is 0 Å². The Morgan fingerprint density at radius 3 is 2.95 bits per heavy atom. The number of hydrogen-bond donors (Lipinski definition) is 1. The van der Waals surface area contributed by atoms with Gasteiger partial charge in [-0.2, -0.15) is 0 Å². The number of ether oxygens (including phenoxy) is 1. The molecule has 1 aliphatic rings. The van der Waals surface area contributed by atoms with E-state index >= 15 is 0 Å². The van der Waals surface area contributed by atoms with Gasteiger partial charge in [-0.25, -0.2) is 0 Å². The molecule has 0 aromatic carbocycles. The Morgan fingerprint density at radius 1 is 1.50 bits per heavy atom. The number of hydrogen-bond acceptors (Lipinski definition) is 4. The molecule has 4 nitrogen and oxygen atoms in total. The summed E-state index contributed by atoms with van der Waals surface area (Å²) in [5.74, 6) is 2.81. The van der Waals surface area contributed by atoms with Gasteiger partial charge < -0.3 is 14.5 Å². The second-order valence-electron chi connectivity index (χ2n) is 6.23. The molecule has 0 aliphatic carbocycles. The molecule has 4 heteroatoms.